The first-order valence-electron chi connectivity index (χ1n) is 21.6. The summed E-state index contributed by atoms with van der Waals surface area (Å²) in [4.78, 5) is 20.4. The van der Waals surface area contributed by atoms with Crippen LogP contribution in [-0.4, -0.2) is 24.5 Å². The standard InChI is InChI=1S/C58H38F3N5/c1-37-18-14-15-27-44(37)42-30-31-46-45-28-16-17-29-53(45)66(54(46)32-42)55-47(51-35-49(38-19-6-2-7-20-38)62-56(64-51)40-23-10-4-11-24-40)33-43(58(59,60)61)34-48(55)52-36-50(39-21-8-3-9-22-39)63-57(65-52)41-25-12-5-13-26-41/h2-36H,1H3. The van der Waals surface area contributed by atoms with Crippen LogP contribution >= 0.6 is 0 Å². The van der Waals surface area contributed by atoms with E-state index >= 15 is 13.2 Å². The quantitative estimate of drug-likeness (QED) is 0.153. The third kappa shape index (κ3) is 7.48. The molecule has 0 saturated carbocycles. The van der Waals surface area contributed by atoms with E-state index in [1.807, 2.05) is 152 Å². The van der Waals surface area contributed by atoms with Gasteiger partial charge in [0.15, 0.2) is 11.6 Å². The molecule has 8 aromatic carbocycles. The number of para-hydroxylation sites is 1. The average molecular weight is 862 g/mol. The third-order valence-electron chi connectivity index (χ3n) is 12.0. The van der Waals surface area contributed by atoms with Gasteiger partial charge in [-0.3, -0.25) is 0 Å². The highest BCUT2D eigenvalue weighted by Gasteiger charge is 2.35. The fourth-order valence-corrected chi connectivity index (χ4v) is 8.82. The van der Waals surface area contributed by atoms with Crippen molar-refractivity contribution in [3.63, 3.8) is 0 Å². The molecule has 0 saturated heterocycles. The molecular weight excluding hydrogens is 824 g/mol. The first-order valence-corrected chi connectivity index (χ1v) is 21.6. The van der Waals surface area contributed by atoms with E-state index < -0.39 is 11.7 Å². The Morgan fingerprint density at radius 3 is 1.32 bits per heavy atom. The molecule has 0 amide bonds. The van der Waals surface area contributed by atoms with Crippen molar-refractivity contribution < 1.29 is 13.2 Å². The summed E-state index contributed by atoms with van der Waals surface area (Å²) in [7, 11) is 0. The van der Waals surface area contributed by atoms with Crippen LogP contribution in [0.1, 0.15) is 11.1 Å². The second-order valence-corrected chi connectivity index (χ2v) is 16.2. The minimum Gasteiger partial charge on any atom is -0.308 e. The molecule has 66 heavy (non-hydrogen) atoms. The summed E-state index contributed by atoms with van der Waals surface area (Å²) in [6, 6.07) is 66.9. The van der Waals surface area contributed by atoms with E-state index in [4.69, 9.17) is 19.9 Å². The molecule has 0 N–H and O–H groups in total. The molecule has 0 unspecified atom stereocenters. The topological polar surface area (TPSA) is 56.5 Å². The summed E-state index contributed by atoms with van der Waals surface area (Å²) in [6.07, 6.45) is -4.75. The molecule has 3 heterocycles. The highest BCUT2D eigenvalue weighted by Crippen LogP contribution is 2.46. The summed E-state index contributed by atoms with van der Waals surface area (Å²) < 4.78 is 49.3. The number of hydrogen-bond donors (Lipinski definition) is 0. The molecule has 11 rings (SSSR count). The Hall–Kier alpha value is -8.49. The van der Waals surface area contributed by atoms with E-state index in [1.165, 1.54) is 12.1 Å². The summed E-state index contributed by atoms with van der Waals surface area (Å²) in [5.74, 6) is 0.751. The molecule has 0 bridgehead atoms. The minimum absolute atomic E-state index is 0.252. The lowest BCUT2D eigenvalue weighted by Gasteiger charge is -2.22. The van der Waals surface area contributed by atoms with Crippen LogP contribution in [0.4, 0.5) is 13.2 Å². The van der Waals surface area contributed by atoms with Gasteiger partial charge in [0.1, 0.15) is 0 Å². The predicted octanol–water partition coefficient (Wildman–Crippen LogP) is 15.4. The Kier molecular flexibility index (Phi) is 10.1. The number of halogens is 3. The zero-order valence-corrected chi connectivity index (χ0v) is 35.6. The van der Waals surface area contributed by atoms with Gasteiger partial charge in [-0.2, -0.15) is 13.2 Å². The monoisotopic (exact) mass is 861 g/mol. The van der Waals surface area contributed by atoms with Crippen LogP contribution in [0.2, 0.25) is 0 Å². The van der Waals surface area contributed by atoms with Gasteiger partial charge in [-0.15, -0.1) is 0 Å². The third-order valence-corrected chi connectivity index (χ3v) is 12.0. The second kappa shape index (κ2) is 16.6. The Balaban J connectivity index is 1.32. The molecule has 0 spiro atoms. The average Bonchev–Trinajstić information content (AvgIpc) is 3.70. The highest BCUT2D eigenvalue weighted by atomic mass is 19.4. The number of alkyl halides is 3. The fraction of sp³-hybridized carbons (Fsp3) is 0.0345. The van der Waals surface area contributed by atoms with Crippen molar-refractivity contribution >= 4 is 21.8 Å². The zero-order chi connectivity index (χ0) is 44.8. The number of benzene rings is 8. The first-order chi connectivity index (χ1) is 32.3. The van der Waals surface area contributed by atoms with Crippen molar-refractivity contribution in [1.29, 1.82) is 0 Å². The number of rotatable bonds is 8. The predicted molar refractivity (Wildman–Crippen MR) is 260 cm³/mol. The highest BCUT2D eigenvalue weighted by molar-refractivity contribution is 6.11. The fourth-order valence-electron chi connectivity index (χ4n) is 8.82. The van der Waals surface area contributed by atoms with Gasteiger partial charge >= 0.3 is 6.18 Å². The molecule has 0 radical (unpaired) electrons. The van der Waals surface area contributed by atoms with E-state index in [0.29, 0.717) is 40.1 Å². The maximum absolute atomic E-state index is 15.7. The van der Waals surface area contributed by atoms with Crippen molar-refractivity contribution in [2.24, 2.45) is 0 Å². The lowest BCUT2D eigenvalue weighted by Crippen LogP contribution is -2.10. The molecule has 0 aliphatic heterocycles. The van der Waals surface area contributed by atoms with Crippen LogP contribution < -0.4 is 0 Å². The van der Waals surface area contributed by atoms with E-state index in [-0.39, 0.29) is 11.1 Å². The summed E-state index contributed by atoms with van der Waals surface area (Å²) >= 11 is 0. The number of hydrogen-bond acceptors (Lipinski definition) is 4. The lowest BCUT2D eigenvalue weighted by molar-refractivity contribution is -0.137. The molecule has 5 nitrogen and oxygen atoms in total. The van der Waals surface area contributed by atoms with Crippen LogP contribution in [-0.2, 0) is 6.18 Å². The van der Waals surface area contributed by atoms with Gasteiger partial charge in [0.2, 0.25) is 0 Å². The van der Waals surface area contributed by atoms with Crippen molar-refractivity contribution in [2.45, 2.75) is 13.1 Å². The molecule has 8 heteroatoms. The largest absolute Gasteiger partial charge is 0.416 e. The zero-order valence-electron chi connectivity index (χ0n) is 35.6. The molecule has 0 fully saturated rings. The minimum atomic E-state index is -4.75. The van der Waals surface area contributed by atoms with Crippen molar-refractivity contribution in [3.8, 4) is 84.6 Å². The Bertz CT molecular complexity index is 3310. The maximum Gasteiger partial charge on any atom is 0.416 e. The Morgan fingerprint density at radius 1 is 0.364 bits per heavy atom. The molecule has 0 atom stereocenters. The van der Waals surface area contributed by atoms with Crippen molar-refractivity contribution in [2.75, 3.05) is 0 Å². The number of fused-ring (bicyclic) bond motifs is 3. The first kappa shape index (κ1) is 40.3. The molecule has 0 aliphatic rings. The lowest BCUT2D eigenvalue weighted by atomic mass is 9.95. The molecule has 11 aromatic rings. The van der Waals surface area contributed by atoms with Crippen molar-refractivity contribution in [1.82, 2.24) is 24.5 Å². The normalized spacial score (nSPS) is 11.6. The molecule has 3 aromatic heterocycles. The van der Waals surface area contributed by atoms with Crippen LogP contribution in [0.3, 0.4) is 0 Å². The van der Waals surface area contributed by atoms with Crippen LogP contribution in [0.25, 0.3) is 106 Å². The van der Waals surface area contributed by atoms with Gasteiger partial charge < -0.3 is 4.57 Å². The number of aryl methyl sites for hydroxylation is 1. The van der Waals surface area contributed by atoms with E-state index in [0.717, 1.165) is 60.8 Å². The summed E-state index contributed by atoms with van der Waals surface area (Å²) in [6.45, 7) is 2.08. The van der Waals surface area contributed by atoms with Crippen LogP contribution in [0, 0.1) is 6.92 Å². The second-order valence-electron chi connectivity index (χ2n) is 16.2. The van der Waals surface area contributed by atoms with Crippen LogP contribution in [0.5, 0.6) is 0 Å². The van der Waals surface area contributed by atoms with Gasteiger partial charge in [-0.05, 0) is 60.0 Å². The van der Waals surface area contributed by atoms with Crippen LogP contribution in [0.15, 0.2) is 212 Å². The number of aromatic nitrogens is 5. The van der Waals surface area contributed by atoms with Gasteiger partial charge in [0.05, 0.1) is 45.1 Å². The Morgan fingerprint density at radius 2 is 0.803 bits per heavy atom. The Labute approximate surface area is 379 Å². The van der Waals surface area contributed by atoms with Gasteiger partial charge in [0.25, 0.3) is 0 Å². The number of nitrogens with zero attached hydrogens (tertiary/aromatic N) is 5. The molecule has 316 valence electrons. The summed E-state index contributed by atoms with van der Waals surface area (Å²) in [5, 5.41) is 1.88. The van der Waals surface area contributed by atoms with Gasteiger partial charge in [0, 0.05) is 44.2 Å². The molecular formula is C58H38F3N5. The van der Waals surface area contributed by atoms with E-state index in [2.05, 4.69) is 47.9 Å². The van der Waals surface area contributed by atoms with Gasteiger partial charge in [-0.25, -0.2) is 19.9 Å². The van der Waals surface area contributed by atoms with Gasteiger partial charge in [-0.1, -0.05) is 176 Å². The van der Waals surface area contributed by atoms with E-state index in [1.54, 1.807) is 12.1 Å². The van der Waals surface area contributed by atoms with Crippen molar-refractivity contribution in [3.05, 3.63) is 223 Å². The maximum atomic E-state index is 15.7. The summed E-state index contributed by atoms with van der Waals surface area (Å²) in [5.41, 5.74) is 9.65. The SMILES string of the molecule is Cc1ccccc1-c1ccc2c3ccccc3n(-c3c(-c4cc(-c5ccccc5)nc(-c5ccccc5)n4)cc(C(F)(F)F)cc3-c3cc(-c4ccccc4)nc(-c4ccccc4)n3)c2c1. The van der Waals surface area contributed by atoms with E-state index in [9.17, 15) is 0 Å². The smallest absolute Gasteiger partial charge is 0.308 e. The molecule has 0 aliphatic carbocycles.